The Morgan fingerprint density at radius 1 is 1.50 bits per heavy atom. The lowest BCUT2D eigenvalue weighted by molar-refractivity contribution is 0.270. The summed E-state index contributed by atoms with van der Waals surface area (Å²) in [4.78, 5) is 6.66. The van der Waals surface area contributed by atoms with Gasteiger partial charge in [0.15, 0.2) is 0 Å². The lowest BCUT2D eigenvalue weighted by atomic mass is 10.5. The number of nitrogen functional groups attached to an aromatic ring is 1. The van der Waals surface area contributed by atoms with Crippen molar-refractivity contribution >= 4 is 17.5 Å². The Morgan fingerprint density at radius 3 is 3.06 bits per heavy atom. The number of nitrogens with zero attached hydrogens (tertiary/aromatic N) is 5. The molecule has 2 heterocycles. The highest BCUT2D eigenvalue weighted by Crippen LogP contribution is 2.22. The summed E-state index contributed by atoms with van der Waals surface area (Å²) in [6.45, 7) is 0.308. The Balaban J connectivity index is 2.16. The summed E-state index contributed by atoms with van der Waals surface area (Å²) >= 11 is 0. The summed E-state index contributed by atoms with van der Waals surface area (Å²) in [5.41, 5.74) is 6.18. The number of aromatic nitrogens is 4. The van der Waals surface area contributed by atoms with E-state index in [2.05, 4.69) is 25.3 Å². The minimum atomic E-state index is -0.0271. The largest absolute Gasteiger partial charge is 0.394 e. The summed E-state index contributed by atoms with van der Waals surface area (Å²) in [6.07, 6.45) is 4.71. The summed E-state index contributed by atoms with van der Waals surface area (Å²) < 4.78 is 1.45. The van der Waals surface area contributed by atoms with Gasteiger partial charge in [-0.15, -0.1) is 10.2 Å². The zero-order valence-electron chi connectivity index (χ0n) is 8.41. The third-order valence-corrected chi connectivity index (χ3v) is 1.91. The molecule has 84 valence electrons. The molecule has 0 bridgehead atoms. The van der Waals surface area contributed by atoms with Crippen molar-refractivity contribution in [3.63, 3.8) is 0 Å². The van der Waals surface area contributed by atoms with E-state index in [1.54, 1.807) is 12.4 Å². The Hall–Kier alpha value is -2.22. The predicted molar refractivity (Wildman–Crippen MR) is 56.5 cm³/mol. The van der Waals surface area contributed by atoms with Crippen molar-refractivity contribution in [2.24, 2.45) is 10.2 Å². The van der Waals surface area contributed by atoms with Crippen LogP contribution in [0, 0.1) is 0 Å². The molecule has 16 heavy (non-hydrogen) atoms. The molecule has 0 saturated heterocycles. The van der Waals surface area contributed by atoms with E-state index < -0.39 is 0 Å². The van der Waals surface area contributed by atoms with Gasteiger partial charge in [0.1, 0.15) is 11.5 Å². The summed E-state index contributed by atoms with van der Waals surface area (Å²) in [7, 11) is 0. The molecule has 0 aliphatic carbocycles. The number of nitrogens with one attached hydrogen (secondary N) is 1. The van der Waals surface area contributed by atoms with Crippen LogP contribution in [-0.2, 0) is 6.54 Å². The molecular weight excluding hydrogens is 210 g/mol. The number of anilines is 1. The monoisotopic (exact) mass is 221 g/mol. The molecule has 0 saturated carbocycles. The molecule has 0 fully saturated rings. The van der Waals surface area contributed by atoms with Crippen LogP contribution < -0.4 is 5.73 Å². The fourth-order valence-corrected chi connectivity index (χ4v) is 1.15. The van der Waals surface area contributed by atoms with Gasteiger partial charge in [-0.2, -0.15) is 5.10 Å². The highest BCUT2D eigenvalue weighted by Gasteiger charge is 2.05. The van der Waals surface area contributed by atoms with E-state index >= 15 is 0 Å². The van der Waals surface area contributed by atoms with Gasteiger partial charge in [-0.05, 0) is 0 Å². The van der Waals surface area contributed by atoms with Crippen LogP contribution in [0.15, 0.2) is 28.8 Å². The van der Waals surface area contributed by atoms with Crippen molar-refractivity contribution in [1.82, 2.24) is 19.7 Å². The van der Waals surface area contributed by atoms with Crippen LogP contribution in [0.5, 0.6) is 0 Å². The zero-order valence-corrected chi connectivity index (χ0v) is 8.41. The first-order valence-electron chi connectivity index (χ1n) is 4.64. The highest BCUT2D eigenvalue weighted by atomic mass is 16.3. The van der Waals surface area contributed by atoms with Gasteiger partial charge in [-0.1, -0.05) is 0 Å². The number of imidazole rings is 1. The smallest absolute Gasteiger partial charge is 0.246 e. The van der Waals surface area contributed by atoms with Crippen molar-refractivity contribution in [2.45, 2.75) is 6.54 Å². The van der Waals surface area contributed by atoms with Crippen LogP contribution >= 0.6 is 0 Å². The fourth-order valence-electron chi connectivity index (χ4n) is 1.15. The number of hydrogen-bond acceptors (Lipinski definition) is 6. The number of aliphatic hydroxyl groups excluding tert-OH is 1. The maximum Gasteiger partial charge on any atom is 0.246 e. The summed E-state index contributed by atoms with van der Waals surface area (Å²) in [6, 6.07) is 0. The van der Waals surface area contributed by atoms with Crippen LogP contribution in [0.1, 0.15) is 0 Å². The number of H-pyrrole nitrogens is 1. The minimum absolute atomic E-state index is 0.0271. The Labute approximate surface area is 90.8 Å². The first kappa shape index (κ1) is 10.3. The van der Waals surface area contributed by atoms with E-state index in [4.69, 9.17) is 10.8 Å². The van der Waals surface area contributed by atoms with Gasteiger partial charge in [0.25, 0.3) is 0 Å². The molecule has 4 N–H and O–H groups in total. The molecule has 0 amide bonds. The van der Waals surface area contributed by atoms with Gasteiger partial charge in [0.2, 0.25) is 5.95 Å². The lowest BCUT2D eigenvalue weighted by Gasteiger charge is -1.99. The summed E-state index contributed by atoms with van der Waals surface area (Å²) in [5, 5.41) is 20.4. The first-order valence-corrected chi connectivity index (χ1v) is 4.64. The van der Waals surface area contributed by atoms with Crippen LogP contribution in [0.25, 0.3) is 0 Å². The highest BCUT2D eigenvalue weighted by molar-refractivity contribution is 5.56. The average molecular weight is 221 g/mol. The molecule has 0 radical (unpaired) electrons. The van der Waals surface area contributed by atoms with Crippen LogP contribution in [0.4, 0.5) is 17.5 Å². The molecule has 0 unspecified atom stereocenters. The molecule has 0 aliphatic heterocycles. The zero-order chi connectivity index (χ0) is 11.4. The van der Waals surface area contributed by atoms with E-state index in [1.165, 1.54) is 10.9 Å². The van der Waals surface area contributed by atoms with Crippen LogP contribution in [0.2, 0.25) is 0 Å². The molecular formula is C8H11N7O. The molecule has 0 atom stereocenters. The van der Waals surface area contributed by atoms with Crippen molar-refractivity contribution < 1.29 is 5.11 Å². The third-order valence-electron chi connectivity index (χ3n) is 1.91. The number of aliphatic hydroxyl groups is 1. The second kappa shape index (κ2) is 4.53. The first-order chi connectivity index (χ1) is 7.81. The van der Waals surface area contributed by atoms with Crippen molar-refractivity contribution in [1.29, 1.82) is 0 Å². The number of hydrogen-bond donors (Lipinski definition) is 3. The van der Waals surface area contributed by atoms with Crippen LogP contribution in [-0.4, -0.2) is 31.5 Å². The fraction of sp³-hybridized carbons (Fsp3) is 0.250. The second-order valence-corrected chi connectivity index (χ2v) is 2.97. The second-order valence-electron chi connectivity index (χ2n) is 2.97. The maximum absolute atomic E-state index is 8.75. The van der Waals surface area contributed by atoms with Crippen molar-refractivity contribution in [3.8, 4) is 0 Å². The maximum atomic E-state index is 8.75. The van der Waals surface area contributed by atoms with E-state index in [0.717, 1.165) is 0 Å². The van der Waals surface area contributed by atoms with E-state index in [0.29, 0.717) is 24.0 Å². The van der Waals surface area contributed by atoms with Crippen molar-refractivity contribution in [2.75, 3.05) is 12.3 Å². The van der Waals surface area contributed by atoms with E-state index in [1.807, 2.05) is 0 Å². The van der Waals surface area contributed by atoms with Gasteiger partial charge in [-0.3, -0.25) is 0 Å². The third kappa shape index (κ3) is 2.06. The summed E-state index contributed by atoms with van der Waals surface area (Å²) in [5.74, 6) is 0.763. The molecule has 2 rings (SSSR count). The Bertz CT molecular complexity index is 473. The number of aromatic amines is 1. The lowest BCUT2D eigenvalue weighted by Crippen LogP contribution is -2.07. The topological polar surface area (TPSA) is 117 Å². The van der Waals surface area contributed by atoms with Gasteiger partial charge in [0, 0.05) is 12.4 Å². The molecule has 2 aromatic heterocycles. The number of nitrogens with two attached hydrogens (primary N) is 1. The standard InChI is InChI=1S/C8H11N7O/c9-7-6(5-12-15(7)3-4-16)13-14-8-10-1-2-11-8/h1-2,5,16H,3-4,9H2,(H,10,11). The van der Waals surface area contributed by atoms with Gasteiger partial charge >= 0.3 is 0 Å². The molecule has 2 aromatic rings. The number of azo groups is 1. The molecule has 0 aliphatic rings. The Morgan fingerprint density at radius 2 is 2.38 bits per heavy atom. The quantitative estimate of drug-likeness (QED) is 0.655. The van der Waals surface area contributed by atoms with Crippen LogP contribution in [0.3, 0.4) is 0 Å². The molecule has 0 aromatic carbocycles. The van der Waals surface area contributed by atoms with Gasteiger partial charge in [-0.25, -0.2) is 9.67 Å². The number of rotatable bonds is 4. The van der Waals surface area contributed by atoms with E-state index in [-0.39, 0.29) is 6.61 Å². The molecule has 8 heteroatoms. The van der Waals surface area contributed by atoms with E-state index in [9.17, 15) is 0 Å². The molecule has 8 nitrogen and oxygen atoms in total. The van der Waals surface area contributed by atoms with Gasteiger partial charge < -0.3 is 15.8 Å². The normalized spacial score (nSPS) is 11.3. The van der Waals surface area contributed by atoms with Gasteiger partial charge in [0.05, 0.1) is 19.3 Å². The SMILES string of the molecule is Nc1c(N=Nc2ncc[nH]2)cnn1CCO. The molecule has 0 spiro atoms. The average Bonchev–Trinajstić information content (AvgIpc) is 2.89. The Kier molecular flexibility index (Phi) is 2.92. The predicted octanol–water partition coefficient (Wildman–Crippen LogP) is 0.596. The minimum Gasteiger partial charge on any atom is -0.394 e. The van der Waals surface area contributed by atoms with Crippen molar-refractivity contribution in [3.05, 3.63) is 18.6 Å².